The SMILES string of the molecule is CC(=O)Nc1cc(NC(C)c2cn(C)nc2C)ccc1F. The largest absolute Gasteiger partial charge is 0.378 e. The van der Waals surface area contributed by atoms with E-state index < -0.39 is 5.82 Å². The summed E-state index contributed by atoms with van der Waals surface area (Å²) in [5, 5.41) is 10.1. The average Bonchev–Trinajstić information content (AvgIpc) is 2.72. The number of carbonyl (C=O) groups is 1. The van der Waals surface area contributed by atoms with Crippen LogP contribution in [-0.2, 0) is 11.8 Å². The molecule has 1 atom stereocenters. The highest BCUT2D eigenvalue weighted by Crippen LogP contribution is 2.25. The van der Waals surface area contributed by atoms with Gasteiger partial charge in [0.15, 0.2) is 0 Å². The van der Waals surface area contributed by atoms with Gasteiger partial charge < -0.3 is 10.6 Å². The third-order valence-electron chi connectivity index (χ3n) is 3.18. The molecule has 21 heavy (non-hydrogen) atoms. The average molecular weight is 290 g/mol. The van der Waals surface area contributed by atoms with E-state index in [4.69, 9.17) is 0 Å². The minimum atomic E-state index is -0.457. The second-order valence-electron chi connectivity index (χ2n) is 5.09. The maximum absolute atomic E-state index is 13.6. The van der Waals surface area contributed by atoms with Crippen molar-refractivity contribution in [2.45, 2.75) is 26.8 Å². The van der Waals surface area contributed by atoms with Crippen molar-refractivity contribution in [1.29, 1.82) is 0 Å². The Morgan fingerprint density at radius 2 is 2.14 bits per heavy atom. The number of halogens is 1. The Kier molecular flexibility index (Phi) is 4.26. The van der Waals surface area contributed by atoms with Crippen molar-refractivity contribution >= 4 is 17.3 Å². The van der Waals surface area contributed by atoms with E-state index >= 15 is 0 Å². The zero-order chi connectivity index (χ0) is 15.6. The van der Waals surface area contributed by atoms with Crippen LogP contribution in [0.5, 0.6) is 0 Å². The van der Waals surface area contributed by atoms with Crippen molar-refractivity contribution in [2.75, 3.05) is 10.6 Å². The van der Waals surface area contributed by atoms with Gasteiger partial charge in [-0.2, -0.15) is 5.10 Å². The predicted molar refractivity (Wildman–Crippen MR) is 80.7 cm³/mol. The van der Waals surface area contributed by atoms with E-state index in [1.165, 1.54) is 13.0 Å². The number of nitrogens with zero attached hydrogens (tertiary/aromatic N) is 2. The van der Waals surface area contributed by atoms with Crippen LogP contribution in [0.1, 0.15) is 31.1 Å². The topological polar surface area (TPSA) is 59.0 Å². The minimum Gasteiger partial charge on any atom is -0.378 e. The highest BCUT2D eigenvalue weighted by Gasteiger charge is 2.13. The van der Waals surface area contributed by atoms with Crippen LogP contribution < -0.4 is 10.6 Å². The molecule has 0 fully saturated rings. The second-order valence-corrected chi connectivity index (χ2v) is 5.09. The number of aryl methyl sites for hydroxylation is 2. The lowest BCUT2D eigenvalue weighted by atomic mass is 10.1. The highest BCUT2D eigenvalue weighted by molar-refractivity contribution is 5.89. The number of hydrogen-bond donors (Lipinski definition) is 2. The van der Waals surface area contributed by atoms with E-state index in [0.717, 1.165) is 16.9 Å². The number of aromatic nitrogens is 2. The number of amides is 1. The van der Waals surface area contributed by atoms with Crippen LogP contribution in [0, 0.1) is 12.7 Å². The molecule has 6 heteroatoms. The van der Waals surface area contributed by atoms with Gasteiger partial charge in [0.25, 0.3) is 0 Å². The van der Waals surface area contributed by atoms with Crippen LogP contribution >= 0.6 is 0 Å². The quantitative estimate of drug-likeness (QED) is 0.910. The second kappa shape index (κ2) is 5.95. The van der Waals surface area contributed by atoms with E-state index in [1.807, 2.05) is 27.1 Å². The molecule has 1 aromatic carbocycles. The fourth-order valence-corrected chi connectivity index (χ4v) is 2.27. The zero-order valence-electron chi connectivity index (χ0n) is 12.6. The monoisotopic (exact) mass is 290 g/mol. The number of nitrogens with one attached hydrogen (secondary N) is 2. The Balaban J connectivity index is 2.19. The first-order valence-corrected chi connectivity index (χ1v) is 6.70. The molecule has 0 radical (unpaired) electrons. The number of anilines is 2. The maximum Gasteiger partial charge on any atom is 0.221 e. The third kappa shape index (κ3) is 3.59. The summed E-state index contributed by atoms with van der Waals surface area (Å²) in [6.45, 7) is 5.30. The summed E-state index contributed by atoms with van der Waals surface area (Å²) in [7, 11) is 1.87. The van der Waals surface area contributed by atoms with Crippen LogP contribution in [0.2, 0.25) is 0 Å². The molecular weight excluding hydrogens is 271 g/mol. The minimum absolute atomic E-state index is 0.0225. The molecule has 2 rings (SSSR count). The Hall–Kier alpha value is -2.37. The summed E-state index contributed by atoms with van der Waals surface area (Å²) in [5.74, 6) is -0.761. The summed E-state index contributed by atoms with van der Waals surface area (Å²) in [4.78, 5) is 11.1. The fraction of sp³-hybridized carbons (Fsp3) is 0.333. The van der Waals surface area contributed by atoms with Gasteiger partial charge in [0, 0.05) is 31.4 Å². The van der Waals surface area contributed by atoms with Crippen LogP contribution in [0.4, 0.5) is 15.8 Å². The van der Waals surface area contributed by atoms with Crippen LogP contribution in [0.3, 0.4) is 0 Å². The van der Waals surface area contributed by atoms with E-state index in [9.17, 15) is 9.18 Å². The van der Waals surface area contributed by atoms with Gasteiger partial charge in [-0.3, -0.25) is 9.48 Å². The summed E-state index contributed by atoms with van der Waals surface area (Å²) in [6.07, 6.45) is 1.95. The molecule has 1 unspecified atom stereocenters. The zero-order valence-corrected chi connectivity index (χ0v) is 12.6. The molecule has 0 saturated heterocycles. The van der Waals surface area contributed by atoms with E-state index in [2.05, 4.69) is 15.7 Å². The van der Waals surface area contributed by atoms with Gasteiger partial charge in [0.05, 0.1) is 17.4 Å². The number of benzene rings is 1. The Morgan fingerprint density at radius 3 is 2.71 bits per heavy atom. The molecule has 112 valence electrons. The van der Waals surface area contributed by atoms with Crippen LogP contribution in [0.15, 0.2) is 24.4 Å². The molecule has 0 saturated carbocycles. The molecular formula is C15H19FN4O. The maximum atomic E-state index is 13.6. The number of rotatable bonds is 4. The van der Waals surface area contributed by atoms with Crippen molar-refractivity contribution < 1.29 is 9.18 Å². The van der Waals surface area contributed by atoms with Crippen LogP contribution in [-0.4, -0.2) is 15.7 Å². The first-order valence-electron chi connectivity index (χ1n) is 6.70. The lowest BCUT2D eigenvalue weighted by molar-refractivity contribution is -0.114. The summed E-state index contributed by atoms with van der Waals surface area (Å²) in [5.41, 5.74) is 2.92. The van der Waals surface area contributed by atoms with Crippen molar-refractivity contribution in [3.8, 4) is 0 Å². The summed E-state index contributed by atoms with van der Waals surface area (Å²) < 4.78 is 15.4. The molecule has 0 aliphatic rings. The molecule has 0 spiro atoms. The van der Waals surface area contributed by atoms with Crippen molar-refractivity contribution in [2.24, 2.45) is 7.05 Å². The predicted octanol–water partition coefficient (Wildman–Crippen LogP) is 3.00. The van der Waals surface area contributed by atoms with Gasteiger partial charge in [0.2, 0.25) is 5.91 Å². The Morgan fingerprint density at radius 1 is 1.43 bits per heavy atom. The Labute approximate surface area is 123 Å². The molecule has 1 aromatic heterocycles. The van der Waals surface area contributed by atoms with Crippen LogP contribution in [0.25, 0.3) is 0 Å². The highest BCUT2D eigenvalue weighted by atomic mass is 19.1. The molecule has 0 aliphatic carbocycles. The molecule has 0 bridgehead atoms. The molecule has 1 amide bonds. The molecule has 0 aliphatic heterocycles. The van der Waals surface area contributed by atoms with Gasteiger partial charge in [0.1, 0.15) is 5.82 Å². The van der Waals surface area contributed by atoms with E-state index in [0.29, 0.717) is 0 Å². The fourth-order valence-electron chi connectivity index (χ4n) is 2.27. The lowest BCUT2D eigenvalue weighted by Crippen LogP contribution is -2.10. The number of carbonyl (C=O) groups excluding carboxylic acids is 1. The summed E-state index contributed by atoms with van der Waals surface area (Å²) in [6, 6.07) is 4.58. The van der Waals surface area contributed by atoms with E-state index in [1.54, 1.807) is 16.8 Å². The van der Waals surface area contributed by atoms with Gasteiger partial charge in [-0.05, 0) is 32.0 Å². The first-order chi connectivity index (χ1) is 9.86. The van der Waals surface area contributed by atoms with E-state index in [-0.39, 0.29) is 17.6 Å². The summed E-state index contributed by atoms with van der Waals surface area (Å²) >= 11 is 0. The van der Waals surface area contributed by atoms with Gasteiger partial charge >= 0.3 is 0 Å². The third-order valence-corrected chi connectivity index (χ3v) is 3.18. The van der Waals surface area contributed by atoms with Crippen molar-refractivity contribution in [3.63, 3.8) is 0 Å². The Bertz CT molecular complexity index is 666. The molecule has 2 N–H and O–H groups in total. The van der Waals surface area contributed by atoms with Crippen molar-refractivity contribution in [3.05, 3.63) is 41.5 Å². The lowest BCUT2D eigenvalue weighted by Gasteiger charge is -2.16. The van der Waals surface area contributed by atoms with Gasteiger partial charge in [-0.15, -0.1) is 0 Å². The molecule has 2 aromatic rings. The van der Waals surface area contributed by atoms with Gasteiger partial charge in [-0.1, -0.05) is 0 Å². The van der Waals surface area contributed by atoms with Gasteiger partial charge in [-0.25, -0.2) is 4.39 Å². The standard InChI is InChI=1S/C15H19FN4O/c1-9(13-8-20(4)19-10(13)2)17-12-5-6-14(16)15(7-12)18-11(3)21/h5-9,17H,1-4H3,(H,18,21). The number of hydrogen-bond acceptors (Lipinski definition) is 3. The first kappa shape index (κ1) is 15.0. The van der Waals surface area contributed by atoms with Crippen molar-refractivity contribution in [1.82, 2.24) is 9.78 Å². The molecule has 5 nitrogen and oxygen atoms in total. The normalized spacial score (nSPS) is 12.0. The smallest absolute Gasteiger partial charge is 0.221 e. The molecule has 1 heterocycles.